The minimum Gasteiger partial charge on any atom is -0.469 e. The Labute approximate surface area is 64.3 Å². The number of ether oxygens (including phenoxy) is 1. The normalized spacial score (nSPS) is 12.3. The highest BCUT2D eigenvalue weighted by molar-refractivity contribution is 6.63. The molecule has 0 bridgehead atoms. The van der Waals surface area contributed by atoms with Gasteiger partial charge in [-0.3, -0.25) is 9.59 Å². The summed E-state index contributed by atoms with van der Waals surface area (Å²) in [5.41, 5.74) is 0. The third-order valence-corrected chi connectivity index (χ3v) is 1.22. The fourth-order valence-corrected chi connectivity index (χ4v) is 0.757. The highest BCUT2D eigenvalue weighted by atomic mass is 35.5. The van der Waals surface area contributed by atoms with Crippen LogP contribution in [0, 0.1) is 5.92 Å². The summed E-state index contributed by atoms with van der Waals surface area (Å²) in [5, 5.41) is -0.516. The van der Waals surface area contributed by atoms with E-state index in [1.165, 1.54) is 7.11 Å². The number of rotatable bonds is 3. The largest absolute Gasteiger partial charge is 0.469 e. The zero-order valence-electron chi connectivity index (χ0n) is 5.89. The Morgan fingerprint density at radius 3 is 2.40 bits per heavy atom. The number of hydrogen-bond acceptors (Lipinski definition) is 3. The van der Waals surface area contributed by atoms with Crippen LogP contribution in [0.1, 0.15) is 13.3 Å². The maximum atomic E-state index is 10.6. The summed E-state index contributed by atoms with van der Waals surface area (Å²) in [6.07, 6.45) is 0.0359. The van der Waals surface area contributed by atoms with Crippen LogP contribution in [0.2, 0.25) is 0 Å². The maximum Gasteiger partial charge on any atom is 0.308 e. The SMILES string of the molecule is COC(=O)C(C)CC(=O)Cl. The van der Waals surface area contributed by atoms with Crippen LogP contribution >= 0.6 is 11.6 Å². The van der Waals surface area contributed by atoms with Crippen molar-refractivity contribution in [3.8, 4) is 0 Å². The summed E-state index contributed by atoms with van der Waals surface area (Å²) in [7, 11) is 1.28. The number of halogens is 1. The fraction of sp³-hybridized carbons (Fsp3) is 0.667. The average molecular weight is 165 g/mol. The molecule has 1 unspecified atom stereocenters. The molecule has 0 rings (SSSR count). The first-order valence-corrected chi connectivity index (χ1v) is 3.22. The van der Waals surface area contributed by atoms with Crippen molar-refractivity contribution in [2.75, 3.05) is 7.11 Å². The predicted molar refractivity (Wildman–Crippen MR) is 36.7 cm³/mol. The van der Waals surface area contributed by atoms with Gasteiger partial charge in [-0.1, -0.05) is 6.92 Å². The molecule has 0 saturated heterocycles. The van der Waals surface area contributed by atoms with Gasteiger partial charge in [0.15, 0.2) is 0 Å². The number of esters is 1. The van der Waals surface area contributed by atoms with Gasteiger partial charge in [0, 0.05) is 6.42 Å². The van der Waals surface area contributed by atoms with Crippen LogP contribution in [0.5, 0.6) is 0 Å². The lowest BCUT2D eigenvalue weighted by Crippen LogP contribution is -2.14. The van der Waals surface area contributed by atoms with Gasteiger partial charge in [-0.15, -0.1) is 0 Å². The minimum atomic E-state index is -0.516. The average Bonchev–Trinajstić information content (AvgIpc) is 1.85. The molecule has 0 aromatic heterocycles. The lowest BCUT2D eigenvalue weighted by molar-refractivity contribution is -0.145. The molecule has 0 saturated carbocycles. The topological polar surface area (TPSA) is 43.4 Å². The van der Waals surface area contributed by atoms with E-state index in [2.05, 4.69) is 4.74 Å². The predicted octanol–water partition coefficient (Wildman–Crippen LogP) is 0.951. The number of carbonyl (C=O) groups is 2. The molecule has 0 spiro atoms. The summed E-state index contributed by atoms with van der Waals surface area (Å²) in [6, 6.07) is 0. The van der Waals surface area contributed by atoms with E-state index in [0.717, 1.165) is 0 Å². The van der Waals surface area contributed by atoms with Crippen LogP contribution in [-0.2, 0) is 14.3 Å². The molecule has 0 fully saturated rings. The standard InChI is InChI=1S/C6H9ClO3/c1-4(3-5(7)8)6(9)10-2/h4H,3H2,1-2H3. The Morgan fingerprint density at radius 1 is 1.60 bits per heavy atom. The van der Waals surface area contributed by atoms with Crippen LogP contribution in [0.3, 0.4) is 0 Å². The minimum absolute atomic E-state index is 0.0359. The highest BCUT2D eigenvalue weighted by Crippen LogP contribution is 2.05. The van der Waals surface area contributed by atoms with E-state index in [4.69, 9.17) is 11.6 Å². The van der Waals surface area contributed by atoms with Crippen LogP contribution in [0.4, 0.5) is 0 Å². The van der Waals surface area contributed by atoms with E-state index in [1.807, 2.05) is 0 Å². The van der Waals surface area contributed by atoms with E-state index in [9.17, 15) is 9.59 Å². The first-order chi connectivity index (χ1) is 4.57. The van der Waals surface area contributed by atoms with Crippen LogP contribution in [0.15, 0.2) is 0 Å². The molecule has 10 heavy (non-hydrogen) atoms. The molecule has 1 atom stereocenters. The number of carbonyl (C=O) groups excluding carboxylic acids is 2. The van der Waals surface area contributed by atoms with Gasteiger partial charge in [-0.2, -0.15) is 0 Å². The quantitative estimate of drug-likeness (QED) is 0.461. The van der Waals surface area contributed by atoms with Gasteiger partial charge >= 0.3 is 5.97 Å². The first kappa shape index (κ1) is 9.43. The Hall–Kier alpha value is -0.570. The summed E-state index contributed by atoms with van der Waals surface area (Å²) in [4.78, 5) is 20.8. The Kier molecular flexibility index (Phi) is 4.03. The maximum absolute atomic E-state index is 10.6. The Bertz CT molecular complexity index is 144. The zero-order chi connectivity index (χ0) is 8.15. The molecule has 0 radical (unpaired) electrons. The Morgan fingerprint density at radius 2 is 2.10 bits per heavy atom. The van der Waals surface area contributed by atoms with E-state index < -0.39 is 17.1 Å². The molecule has 0 aromatic carbocycles. The van der Waals surface area contributed by atoms with Gasteiger partial charge < -0.3 is 4.74 Å². The van der Waals surface area contributed by atoms with Gasteiger partial charge in [0.1, 0.15) is 0 Å². The first-order valence-electron chi connectivity index (χ1n) is 2.84. The van der Waals surface area contributed by atoms with Crippen LogP contribution < -0.4 is 0 Å². The van der Waals surface area contributed by atoms with Crippen molar-refractivity contribution in [2.45, 2.75) is 13.3 Å². The van der Waals surface area contributed by atoms with Crippen LogP contribution in [0.25, 0.3) is 0 Å². The lowest BCUT2D eigenvalue weighted by atomic mass is 10.1. The van der Waals surface area contributed by atoms with Crippen molar-refractivity contribution in [1.29, 1.82) is 0 Å². The number of hydrogen-bond donors (Lipinski definition) is 0. The molecule has 4 heteroatoms. The molecular weight excluding hydrogens is 156 g/mol. The fourth-order valence-electron chi connectivity index (χ4n) is 0.525. The summed E-state index contributed by atoms with van der Waals surface area (Å²) in [5.74, 6) is -0.844. The van der Waals surface area contributed by atoms with Gasteiger partial charge in [0.2, 0.25) is 5.24 Å². The van der Waals surface area contributed by atoms with Gasteiger partial charge in [-0.05, 0) is 11.6 Å². The van der Waals surface area contributed by atoms with Gasteiger partial charge in [-0.25, -0.2) is 0 Å². The van der Waals surface area contributed by atoms with Gasteiger partial charge in [0.25, 0.3) is 0 Å². The molecular formula is C6H9ClO3. The summed E-state index contributed by atoms with van der Waals surface area (Å²) in [6.45, 7) is 1.59. The number of methoxy groups -OCH3 is 1. The summed E-state index contributed by atoms with van der Waals surface area (Å²) >= 11 is 5.03. The summed E-state index contributed by atoms with van der Waals surface area (Å²) < 4.78 is 4.36. The van der Waals surface area contributed by atoms with E-state index >= 15 is 0 Å². The Balaban J connectivity index is 3.72. The zero-order valence-corrected chi connectivity index (χ0v) is 6.64. The molecule has 0 aliphatic heterocycles. The van der Waals surface area contributed by atoms with Crippen molar-refractivity contribution in [3.63, 3.8) is 0 Å². The van der Waals surface area contributed by atoms with Crippen molar-refractivity contribution >= 4 is 22.8 Å². The third kappa shape index (κ3) is 3.45. The second kappa shape index (κ2) is 4.28. The van der Waals surface area contributed by atoms with Gasteiger partial charge in [0.05, 0.1) is 13.0 Å². The van der Waals surface area contributed by atoms with Crippen molar-refractivity contribution in [3.05, 3.63) is 0 Å². The molecule has 0 aromatic rings. The van der Waals surface area contributed by atoms with Crippen molar-refractivity contribution in [2.24, 2.45) is 5.92 Å². The molecule has 58 valence electrons. The molecule has 0 aliphatic carbocycles. The molecule has 0 aliphatic rings. The molecule has 0 heterocycles. The second-order valence-corrected chi connectivity index (χ2v) is 2.41. The van der Waals surface area contributed by atoms with Crippen molar-refractivity contribution in [1.82, 2.24) is 0 Å². The smallest absolute Gasteiger partial charge is 0.308 e. The molecule has 0 amide bonds. The van der Waals surface area contributed by atoms with E-state index in [0.29, 0.717) is 0 Å². The second-order valence-electron chi connectivity index (χ2n) is 1.98. The lowest BCUT2D eigenvalue weighted by Gasteiger charge is -2.03. The van der Waals surface area contributed by atoms with E-state index in [1.54, 1.807) is 6.92 Å². The van der Waals surface area contributed by atoms with Crippen molar-refractivity contribution < 1.29 is 14.3 Å². The molecule has 3 nitrogen and oxygen atoms in total. The van der Waals surface area contributed by atoms with E-state index in [-0.39, 0.29) is 6.42 Å². The van der Waals surface area contributed by atoms with Crippen LogP contribution in [-0.4, -0.2) is 18.3 Å². The monoisotopic (exact) mass is 164 g/mol. The third-order valence-electron chi connectivity index (χ3n) is 1.07. The highest BCUT2D eigenvalue weighted by Gasteiger charge is 2.15. The molecule has 0 N–H and O–H groups in total.